The molecular formula is C10H12ClN3O. The normalized spacial score (nSPS) is 10.5. The van der Waals surface area contributed by atoms with Gasteiger partial charge in [0.1, 0.15) is 11.6 Å². The van der Waals surface area contributed by atoms with Gasteiger partial charge >= 0.3 is 0 Å². The van der Waals surface area contributed by atoms with Gasteiger partial charge in [0.25, 0.3) is 0 Å². The van der Waals surface area contributed by atoms with Gasteiger partial charge in [-0.15, -0.1) is 0 Å². The third kappa shape index (κ3) is 3.25. The molecule has 0 spiro atoms. The van der Waals surface area contributed by atoms with Crippen molar-refractivity contribution in [2.24, 2.45) is 10.7 Å². The van der Waals surface area contributed by atoms with Crippen LogP contribution in [0.1, 0.15) is 5.56 Å². The number of hydrogen-bond donors (Lipinski definition) is 2. The molecule has 0 amide bonds. The second-order valence-electron chi connectivity index (χ2n) is 2.85. The summed E-state index contributed by atoms with van der Waals surface area (Å²) in [7, 11) is 1.56. The SMILES string of the molecule is COc1cccc(Cl)c1C=NCC(=N)N. The summed E-state index contributed by atoms with van der Waals surface area (Å²) in [4.78, 5) is 3.97. The van der Waals surface area contributed by atoms with Crippen molar-refractivity contribution in [1.82, 2.24) is 0 Å². The quantitative estimate of drug-likeness (QED) is 0.605. The molecule has 15 heavy (non-hydrogen) atoms. The maximum atomic E-state index is 7.01. The lowest BCUT2D eigenvalue weighted by atomic mass is 10.2. The van der Waals surface area contributed by atoms with Crippen LogP contribution in [-0.2, 0) is 0 Å². The molecular weight excluding hydrogens is 214 g/mol. The third-order valence-electron chi connectivity index (χ3n) is 1.71. The van der Waals surface area contributed by atoms with Crippen LogP contribution < -0.4 is 10.5 Å². The van der Waals surface area contributed by atoms with Crippen molar-refractivity contribution >= 4 is 23.7 Å². The average molecular weight is 226 g/mol. The van der Waals surface area contributed by atoms with Crippen LogP contribution in [0.5, 0.6) is 5.75 Å². The molecule has 0 saturated heterocycles. The Morgan fingerprint density at radius 1 is 1.67 bits per heavy atom. The Hall–Kier alpha value is -1.55. The average Bonchev–Trinajstić information content (AvgIpc) is 2.20. The van der Waals surface area contributed by atoms with Gasteiger partial charge in [0, 0.05) is 6.21 Å². The number of ether oxygens (including phenoxy) is 1. The minimum Gasteiger partial charge on any atom is -0.496 e. The van der Waals surface area contributed by atoms with E-state index in [1.807, 2.05) is 0 Å². The van der Waals surface area contributed by atoms with Crippen molar-refractivity contribution in [2.45, 2.75) is 0 Å². The van der Waals surface area contributed by atoms with E-state index in [1.165, 1.54) is 0 Å². The van der Waals surface area contributed by atoms with Gasteiger partial charge in [0.2, 0.25) is 0 Å². The van der Waals surface area contributed by atoms with Crippen LogP contribution in [0.4, 0.5) is 0 Å². The van der Waals surface area contributed by atoms with E-state index in [0.717, 1.165) is 0 Å². The Morgan fingerprint density at radius 3 is 3.00 bits per heavy atom. The van der Waals surface area contributed by atoms with Crippen molar-refractivity contribution in [3.8, 4) is 5.75 Å². The summed E-state index contributed by atoms with van der Waals surface area (Å²) in [6.45, 7) is 0.161. The third-order valence-corrected chi connectivity index (χ3v) is 2.04. The van der Waals surface area contributed by atoms with E-state index in [9.17, 15) is 0 Å². The largest absolute Gasteiger partial charge is 0.496 e. The topological polar surface area (TPSA) is 71.5 Å². The van der Waals surface area contributed by atoms with Gasteiger partial charge < -0.3 is 10.5 Å². The lowest BCUT2D eigenvalue weighted by Gasteiger charge is -2.05. The van der Waals surface area contributed by atoms with Gasteiger partial charge in [0.15, 0.2) is 0 Å². The predicted octanol–water partition coefficient (Wildman–Crippen LogP) is 1.70. The van der Waals surface area contributed by atoms with E-state index in [0.29, 0.717) is 16.3 Å². The Kier molecular flexibility index (Phi) is 4.12. The number of methoxy groups -OCH3 is 1. The summed E-state index contributed by atoms with van der Waals surface area (Å²) < 4.78 is 5.12. The van der Waals surface area contributed by atoms with Crippen LogP contribution in [0, 0.1) is 5.41 Å². The van der Waals surface area contributed by atoms with Crippen molar-refractivity contribution in [3.05, 3.63) is 28.8 Å². The van der Waals surface area contributed by atoms with E-state index in [-0.39, 0.29) is 12.4 Å². The zero-order valence-corrected chi connectivity index (χ0v) is 9.08. The number of halogens is 1. The molecule has 0 aliphatic heterocycles. The second kappa shape index (κ2) is 5.36. The molecule has 1 aromatic carbocycles. The number of aliphatic imine (C=N–C) groups is 1. The minimum atomic E-state index is 0.0114. The summed E-state index contributed by atoms with van der Waals surface area (Å²) in [5, 5.41) is 7.57. The molecule has 5 heteroatoms. The first-order valence-electron chi connectivity index (χ1n) is 4.30. The van der Waals surface area contributed by atoms with Crippen LogP contribution in [0.3, 0.4) is 0 Å². The van der Waals surface area contributed by atoms with E-state index in [4.69, 9.17) is 27.5 Å². The molecule has 0 saturated carbocycles. The van der Waals surface area contributed by atoms with Crippen molar-refractivity contribution < 1.29 is 4.74 Å². The van der Waals surface area contributed by atoms with Crippen LogP contribution in [-0.4, -0.2) is 25.7 Å². The summed E-state index contributed by atoms with van der Waals surface area (Å²) in [5.74, 6) is 0.659. The van der Waals surface area contributed by atoms with Gasteiger partial charge in [-0.3, -0.25) is 10.4 Å². The van der Waals surface area contributed by atoms with E-state index < -0.39 is 0 Å². The first kappa shape index (κ1) is 11.5. The highest BCUT2D eigenvalue weighted by Crippen LogP contribution is 2.23. The van der Waals surface area contributed by atoms with Gasteiger partial charge in [-0.1, -0.05) is 17.7 Å². The Bertz CT molecular complexity index is 390. The van der Waals surface area contributed by atoms with Crippen molar-refractivity contribution in [1.29, 1.82) is 5.41 Å². The number of benzene rings is 1. The van der Waals surface area contributed by atoms with Gasteiger partial charge in [0.05, 0.1) is 24.2 Å². The lowest BCUT2D eigenvalue weighted by molar-refractivity contribution is 0.414. The lowest BCUT2D eigenvalue weighted by Crippen LogP contribution is -2.13. The fraction of sp³-hybridized carbons (Fsp3) is 0.200. The van der Waals surface area contributed by atoms with E-state index in [2.05, 4.69) is 4.99 Å². The zero-order valence-electron chi connectivity index (χ0n) is 8.33. The Balaban J connectivity index is 2.92. The molecule has 80 valence electrons. The van der Waals surface area contributed by atoms with E-state index in [1.54, 1.807) is 31.5 Å². The standard InChI is InChI=1S/C10H12ClN3O/c1-15-9-4-2-3-8(11)7(9)5-14-6-10(12)13/h2-5H,6H2,1H3,(H3,12,13). The molecule has 4 nitrogen and oxygen atoms in total. The highest BCUT2D eigenvalue weighted by atomic mass is 35.5. The molecule has 0 aliphatic carbocycles. The number of hydrogen-bond acceptors (Lipinski definition) is 3. The summed E-state index contributed by atoms with van der Waals surface area (Å²) in [5.41, 5.74) is 5.87. The van der Waals surface area contributed by atoms with Gasteiger partial charge in [-0.25, -0.2) is 0 Å². The summed E-state index contributed by atoms with van der Waals surface area (Å²) in [6, 6.07) is 5.34. The van der Waals surface area contributed by atoms with Gasteiger partial charge in [-0.2, -0.15) is 0 Å². The smallest absolute Gasteiger partial charge is 0.129 e. The van der Waals surface area contributed by atoms with Crippen molar-refractivity contribution in [2.75, 3.05) is 13.7 Å². The molecule has 0 bridgehead atoms. The number of nitrogens with two attached hydrogens (primary N) is 1. The molecule has 3 N–H and O–H groups in total. The van der Waals surface area contributed by atoms with Crippen LogP contribution in [0.2, 0.25) is 5.02 Å². The molecule has 0 unspecified atom stereocenters. The Labute approximate surface area is 93.2 Å². The highest BCUT2D eigenvalue weighted by molar-refractivity contribution is 6.33. The molecule has 0 atom stereocenters. The monoisotopic (exact) mass is 225 g/mol. The van der Waals surface area contributed by atoms with Crippen molar-refractivity contribution in [3.63, 3.8) is 0 Å². The fourth-order valence-corrected chi connectivity index (χ4v) is 1.27. The number of nitrogens with one attached hydrogen (secondary N) is 1. The summed E-state index contributed by atoms with van der Waals surface area (Å²) in [6.07, 6.45) is 1.56. The molecule has 0 heterocycles. The zero-order chi connectivity index (χ0) is 11.3. The first-order chi connectivity index (χ1) is 7.15. The minimum absolute atomic E-state index is 0.0114. The molecule has 0 radical (unpaired) electrons. The fourth-order valence-electron chi connectivity index (χ4n) is 1.06. The molecule has 0 aromatic heterocycles. The maximum Gasteiger partial charge on any atom is 0.129 e. The van der Waals surface area contributed by atoms with Crippen LogP contribution >= 0.6 is 11.6 Å². The summed E-state index contributed by atoms with van der Waals surface area (Å²) >= 11 is 5.97. The second-order valence-corrected chi connectivity index (χ2v) is 3.26. The molecule has 1 aromatic rings. The highest BCUT2D eigenvalue weighted by Gasteiger charge is 2.03. The first-order valence-corrected chi connectivity index (χ1v) is 4.68. The van der Waals surface area contributed by atoms with Gasteiger partial charge in [-0.05, 0) is 12.1 Å². The molecule has 1 rings (SSSR count). The number of nitrogens with zero attached hydrogens (tertiary/aromatic N) is 1. The maximum absolute atomic E-state index is 7.01. The van der Waals surface area contributed by atoms with E-state index >= 15 is 0 Å². The molecule has 0 fully saturated rings. The predicted molar refractivity (Wildman–Crippen MR) is 62.4 cm³/mol. The van der Waals surface area contributed by atoms with Crippen LogP contribution in [0.15, 0.2) is 23.2 Å². The Morgan fingerprint density at radius 2 is 2.40 bits per heavy atom. The number of rotatable bonds is 4. The van der Waals surface area contributed by atoms with Crippen LogP contribution in [0.25, 0.3) is 0 Å². The molecule has 0 aliphatic rings. The number of amidine groups is 1.